The normalized spacial score (nSPS) is 15.5. The van der Waals surface area contributed by atoms with E-state index in [9.17, 15) is 4.79 Å². The molecule has 5 heteroatoms. The molecule has 0 unspecified atom stereocenters. The number of hydrogen-bond donors (Lipinski definition) is 2. The van der Waals surface area contributed by atoms with Crippen molar-refractivity contribution in [3.63, 3.8) is 0 Å². The van der Waals surface area contributed by atoms with Crippen LogP contribution < -0.4 is 5.32 Å². The minimum Gasteiger partial charge on any atom is -0.476 e. The Labute approximate surface area is 93.9 Å². The Hall–Kier alpha value is -1.65. The maximum atomic E-state index is 10.8. The average Bonchev–Trinajstić information content (AvgIpc) is 2.22. The van der Waals surface area contributed by atoms with Gasteiger partial charge in [0, 0.05) is 18.9 Å². The van der Waals surface area contributed by atoms with Gasteiger partial charge in [-0.05, 0) is 12.3 Å². The van der Waals surface area contributed by atoms with Gasteiger partial charge in [-0.3, -0.25) is 0 Å². The van der Waals surface area contributed by atoms with Crippen LogP contribution in [-0.2, 0) is 0 Å². The van der Waals surface area contributed by atoms with Crippen LogP contribution in [0.5, 0.6) is 0 Å². The molecule has 1 aliphatic rings. The van der Waals surface area contributed by atoms with Crippen LogP contribution in [0.15, 0.2) is 12.4 Å². The number of carboxylic acid groups (broad SMARTS) is 1. The summed E-state index contributed by atoms with van der Waals surface area (Å²) < 4.78 is 0. The molecule has 2 N–H and O–H groups in total. The standard InChI is InChI=1S/C11H15N3O2/c15-11(16)9-10(14-7-6-12-9)13-5-4-8-2-1-3-8/h6-8H,1-5H2,(H,13,14)(H,15,16). The Morgan fingerprint density at radius 1 is 1.44 bits per heavy atom. The second-order valence-electron chi connectivity index (χ2n) is 4.07. The van der Waals surface area contributed by atoms with Crippen molar-refractivity contribution < 1.29 is 9.90 Å². The van der Waals surface area contributed by atoms with Gasteiger partial charge in [0.1, 0.15) is 0 Å². The van der Waals surface area contributed by atoms with E-state index in [1.807, 2.05) is 0 Å². The minimum atomic E-state index is -1.04. The van der Waals surface area contributed by atoms with Crippen LogP contribution in [0.3, 0.4) is 0 Å². The third-order valence-corrected chi connectivity index (χ3v) is 2.97. The molecule has 1 aromatic rings. The average molecular weight is 221 g/mol. The van der Waals surface area contributed by atoms with E-state index in [2.05, 4.69) is 15.3 Å². The highest BCUT2D eigenvalue weighted by Crippen LogP contribution is 2.29. The van der Waals surface area contributed by atoms with Gasteiger partial charge in [0.15, 0.2) is 11.5 Å². The van der Waals surface area contributed by atoms with Gasteiger partial charge >= 0.3 is 5.97 Å². The van der Waals surface area contributed by atoms with Gasteiger partial charge in [-0.2, -0.15) is 0 Å². The molecule has 0 aliphatic heterocycles. The van der Waals surface area contributed by atoms with Crippen molar-refractivity contribution in [3.05, 3.63) is 18.1 Å². The lowest BCUT2D eigenvalue weighted by molar-refractivity contribution is 0.0691. The molecule has 0 saturated heterocycles. The van der Waals surface area contributed by atoms with Crippen molar-refractivity contribution in [2.75, 3.05) is 11.9 Å². The lowest BCUT2D eigenvalue weighted by Crippen LogP contribution is -2.17. The molecule has 1 aromatic heterocycles. The summed E-state index contributed by atoms with van der Waals surface area (Å²) in [5.41, 5.74) is -0.00360. The number of carboxylic acids is 1. The summed E-state index contributed by atoms with van der Waals surface area (Å²) in [7, 11) is 0. The summed E-state index contributed by atoms with van der Waals surface area (Å²) >= 11 is 0. The summed E-state index contributed by atoms with van der Waals surface area (Å²) in [4.78, 5) is 18.6. The fraction of sp³-hybridized carbons (Fsp3) is 0.545. The van der Waals surface area contributed by atoms with Crippen molar-refractivity contribution in [1.29, 1.82) is 0 Å². The van der Waals surface area contributed by atoms with Gasteiger partial charge in [-0.25, -0.2) is 14.8 Å². The quantitative estimate of drug-likeness (QED) is 0.792. The van der Waals surface area contributed by atoms with Gasteiger partial charge in [0.2, 0.25) is 0 Å². The molecule has 0 aromatic carbocycles. The first-order chi connectivity index (χ1) is 7.77. The smallest absolute Gasteiger partial charge is 0.358 e. The SMILES string of the molecule is O=C(O)c1nccnc1NCCC1CCC1. The molecule has 1 fully saturated rings. The van der Waals surface area contributed by atoms with E-state index < -0.39 is 5.97 Å². The first-order valence-corrected chi connectivity index (χ1v) is 5.55. The fourth-order valence-corrected chi connectivity index (χ4v) is 1.80. The topological polar surface area (TPSA) is 75.1 Å². The molecule has 16 heavy (non-hydrogen) atoms. The van der Waals surface area contributed by atoms with Gasteiger partial charge in [-0.1, -0.05) is 19.3 Å². The number of hydrogen-bond acceptors (Lipinski definition) is 4. The highest BCUT2D eigenvalue weighted by Gasteiger charge is 2.17. The third-order valence-electron chi connectivity index (χ3n) is 2.97. The van der Waals surface area contributed by atoms with Crippen LogP contribution >= 0.6 is 0 Å². The van der Waals surface area contributed by atoms with E-state index in [0.29, 0.717) is 5.82 Å². The van der Waals surface area contributed by atoms with Gasteiger partial charge in [-0.15, -0.1) is 0 Å². The third kappa shape index (κ3) is 2.48. The summed E-state index contributed by atoms with van der Waals surface area (Å²) in [5, 5.41) is 11.9. The number of nitrogens with zero attached hydrogens (tertiary/aromatic N) is 2. The van der Waals surface area contributed by atoms with Gasteiger partial charge in [0.25, 0.3) is 0 Å². The number of carbonyl (C=O) groups is 1. The van der Waals surface area contributed by atoms with Crippen LogP contribution in [0.4, 0.5) is 5.82 Å². The van der Waals surface area contributed by atoms with Crippen LogP contribution in [0.25, 0.3) is 0 Å². The number of anilines is 1. The molecule has 0 amide bonds. The van der Waals surface area contributed by atoms with Crippen molar-refractivity contribution in [3.8, 4) is 0 Å². The van der Waals surface area contributed by atoms with E-state index in [0.717, 1.165) is 18.9 Å². The largest absolute Gasteiger partial charge is 0.476 e. The van der Waals surface area contributed by atoms with Crippen molar-refractivity contribution in [2.24, 2.45) is 5.92 Å². The molecule has 0 spiro atoms. The molecule has 1 saturated carbocycles. The zero-order valence-electron chi connectivity index (χ0n) is 9.02. The lowest BCUT2D eigenvalue weighted by Gasteiger charge is -2.25. The highest BCUT2D eigenvalue weighted by molar-refractivity contribution is 5.90. The Bertz CT molecular complexity index is 377. The highest BCUT2D eigenvalue weighted by atomic mass is 16.4. The molecular weight excluding hydrogens is 206 g/mol. The summed E-state index contributed by atoms with van der Waals surface area (Å²) in [6, 6.07) is 0. The molecule has 2 rings (SSSR count). The Kier molecular flexibility index (Phi) is 3.34. The summed E-state index contributed by atoms with van der Waals surface area (Å²) in [6.45, 7) is 0.767. The van der Waals surface area contributed by atoms with Gasteiger partial charge < -0.3 is 10.4 Å². The van der Waals surface area contributed by atoms with E-state index >= 15 is 0 Å². The van der Waals surface area contributed by atoms with E-state index in [1.165, 1.54) is 31.7 Å². The molecule has 0 bridgehead atoms. The summed E-state index contributed by atoms with van der Waals surface area (Å²) in [5.74, 6) is 0.131. The van der Waals surface area contributed by atoms with Crippen LogP contribution in [0.1, 0.15) is 36.2 Å². The number of nitrogens with one attached hydrogen (secondary N) is 1. The predicted octanol–water partition coefficient (Wildman–Crippen LogP) is 1.78. The first kappa shape index (κ1) is 10.9. The maximum Gasteiger partial charge on any atom is 0.358 e. The van der Waals surface area contributed by atoms with Crippen LogP contribution in [-0.4, -0.2) is 27.6 Å². The zero-order chi connectivity index (χ0) is 11.4. The second kappa shape index (κ2) is 4.92. The Balaban J connectivity index is 1.89. The minimum absolute atomic E-state index is 0.00360. The van der Waals surface area contributed by atoms with E-state index in [1.54, 1.807) is 0 Å². The number of aromatic nitrogens is 2. The van der Waals surface area contributed by atoms with E-state index in [-0.39, 0.29) is 5.69 Å². The summed E-state index contributed by atoms with van der Waals surface area (Å²) in [6.07, 6.45) is 7.90. The Morgan fingerprint density at radius 3 is 2.81 bits per heavy atom. The number of aromatic carboxylic acids is 1. The molecule has 1 heterocycles. The molecule has 5 nitrogen and oxygen atoms in total. The maximum absolute atomic E-state index is 10.8. The zero-order valence-corrected chi connectivity index (χ0v) is 9.02. The Morgan fingerprint density at radius 2 is 2.19 bits per heavy atom. The predicted molar refractivity (Wildman–Crippen MR) is 59.4 cm³/mol. The van der Waals surface area contributed by atoms with Crippen LogP contribution in [0.2, 0.25) is 0 Å². The lowest BCUT2D eigenvalue weighted by atomic mass is 9.83. The van der Waals surface area contributed by atoms with Crippen molar-refractivity contribution in [2.45, 2.75) is 25.7 Å². The number of rotatable bonds is 5. The second-order valence-corrected chi connectivity index (χ2v) is 4.07. The fourth-order valence-electron chi connectivity index (χ4n) is 1.80. The van der Waals surface area contributed by atoms with Crippen LogP contribution in [0, 0.1) is 5.92 Å². The molecule has 0 radical (unpaired) electrons. The monoisotopic (exact) mass is 221 g/mol. The first-order valence-electron chi connectivity index (χ1n) is 5.55. The molecule has 0 atom stereocenters. The van der Waals surface area contributed by atoms with E-state index in [4.69, 9.17) is 5.11 Å². The van der Waals surface area contributed by atoms with Crippen molar-refractivity contribution >= 4 is 11.8 Å². The van der Waals surface area contributed by atoms with Gasteiger partial charge in [0.05, 0.1) is 0 Å². The molecule has 1 aliphatic carbocycles. The molecular formula is C11H15N3O2. The van der Waals surface area contributed by atoms with Crippen molar-refractivity contribution in [1.82, 2.24) is 9.97 Å². The molecule has 86 valence electrons.